The Bertz CT molecular complexity index is 513. The molecule has 6 heteroatoms. The summed E-state index contributed by atoms with van der Waals surface area (Å²) in [6.07, 6.45) is 6.94. The molecule has 2 aliphatic rings. The molecule has 2 aliphatic heterocycles. The summed E-state index contributed by atoms with van der Waals surface area (Å²) < 4.78 is 0. The Morgan fingerprint density at radius 1 is 1.23 bits per heavy atom. The lowest BCUT2D eigenvalue weighted by Gasteiger charge is -2.36. The molecule has 0 radical (unpaired) electrons. The molecule has 6 nitrogen and oxygen atoms in total. The molecule has 1 aromatic heterocycles. The van der Waals surface area contributed by atoms with Crippen molar-refractivity contribution in [3.8, 4) is 0 Å². The molecule has 1 amide bonds. The number of nitrogens with one attached hydrogen (secondary N) is 2. The van der Waals surface area contributed by atoms with Gasteiger partial charge in [-0.25, -0.2) is 9.97 Å². The summed E-state index contributed by atoms with van der Waals surface area (Å²) in [7, 11) is 0. The number of amides is 1. The Hall–Kier alpha value is -1.69. The van der Waals surface area contributed by atoms with Gasteiger partial charge in [0.15, 0.2) is 0 Å². The van der Waals surface area contributed by atoms with Crippen LogP contribution >= 0.6 is 0 Å². The van der Waals surface area contributed by atoms with Crippen LogP contribution in [0, 0.1) is 6.92 Å². The standard InChI is InChI=1S/C16H25N5O/c1-12-10-15(19-11-18-12)20-13-5-8-21(9-6-13)14-4-2-3-7-17-16(14)22/h10-11,13-14H,2-9H2,1H3,(H,17,22)(H,18,19,20). The van der Waals surface area contributed by atoms with Gasteiger partial charge in [-0.3, -0.25) is 9.69 Å². The second-order valence-electron chi connectivity index (χ2n) is 6.30. The van der Waals surface area contributed by atoms with E-state index in [1.54, 1.807) is 6.33 Å². The van der Waals surface area contributed by atoms with Gasteiger partial charge in [-0.05, 0) is 39.0 Å². The van der Waals surface area contributed by atoms with E-state index in [-0.39, 0.29) is 11.9 Å². The maximum atomic E-state index is 12.1. The van der Waals surface area contributed by atoms with Gasteiger partial charge in [0.2, 0.25) is 5.91 Å². The van der Waals surface area contributed by atoms with Gasteiger partial charge in [-0.15, -0.1) is 0 Å². The van der Waals surface area contributed by atoms with E-state index in [0.717, 1.165) is 63.3 Å². The largest absolute Gasteiger partial charge is 0.367 e. The predicted molar refractivity (Wildman–Crippen MR) is 85.6 cm³/mol. The van der Waals surface area contributed by atoms with Gasteiger partial charge in [0, 0.05) is 37.4 Å². The first-order valence-corrected chi connectivity index (χ1v) is 8.29. The van der Waals surface area contributed by atoms with Gasteiger partial charge >= 0.3 is 0 Å². The fraction of sp³-hybridized carbons (Fsp3) is 0.688. The van der Waals surface area contributed by atoms with Crippen molar-refractivity contribution in [2.24, 2.45) is 0 Å². The van der Waals surface area contributed by atoms with Crippen LogP contribution in [-0.4, -0.2) is 52.5 Å². The molecule has 3 rings (SSSR count). The second-order valence-corrected chi connectivity index (χ2v) is 6.30. The van der Waals surface area contributed by atoms with E-state index in [2.05, 4.69) is 25.5 Å². The molecular formula is C16H25N5O. The third kappa shape index (κ3) is 3.74. The van der Waals surface area contributed by atoms with E-state index in [9.17, 15) is 4.79 Å². The van der Waals surface area contributed by atoms with E-state index < -0.39 is 0 Å². The monoisotopic (exact) mass is 303 g/mol. The molecule has 2 fully saturated rings. The van der Waals surface area contributed by atoms with E-state index in [1.165, 1.54) is 0 Å². The highest BCUT2D eigenvalue weighted by molar-refractivity contribution is 5.81. The number of aryl methyl sites for hydroxylation is 1. The van der Waals surface area contributed by atoms with E-state index in [4.69, 9.17) is 0 Å². The van der Waals surface area contributed by atoms with Crippen molar-refractivity contribution in [3.05, 3.63) is 18.1 Å². The van der Waals surface area contributed by atoms with Crippen molar-refractivity contribution in [2.75, 3.05) is 25.0 Å². The Labute approximate surface area is 131 Å². The van der Waals surface area contributed by atoms with Gasteiger partial charge in [-0.1, -0.05) is 0 Å². The van der Waals surface area contributed by atoms with E-state index >= 15 is 0 Å². The van der Waals surface area contributed by atoms with Crippen LogP contribution in [0.4, 0.5) is 5.82 Å². The topological polar surface area (TPSA) is 70.2 Å². The zero-order valence-electron chi connectivity index (χ0n) is 13.2. The molecule has 0 saturated carbocycles. The van der Waals surface area contributed by atoms with Gasteiger partial charge in [0.05, 0.1) is 6.04 Å². The van der Waals surface area contributed by atoms with Crippen molar-refractivity contribution in [1.29, 1.82) is 0 Å². The Morgan fingerprint density at radius 3 is 2.82 bits per heavy atom. The fourth-order valence-electron chi connectivity index (χ4n) is 3.37. The molecule has 2 saturated heterocycles. The minimum absolute atomic E-state index is 0.0738. The summed E-state index contributed by atoms with van der Waals surface area (Å²) in [6, 6.07) is 2.48. The highest BCUT2D eigenvalue weighted by atomic mass is 16.2. The molecule has 0 aromatic carbocycles. The molecule has 22 heavy (non-hydrogen) atoms. The molecule has 1 aromatic rings. The summed E-state index contributed by atoms with van der Waals surface area (Å²) in [5, 5.41) is 6.53. The lowest BCUT2D eigenvalue weighted by molar-refractivity contribution is -0.126. The molecule has 0 spiro atoms. The summed E-state index contributed by atoms with van der Waals surface area (Å²) in [6.45, 7) is 4.75. The summed E-state index contributed by atoms with van der Waals surface area (Å²) in [5.41, 5.74) is 0.977. The third-order valence-corrected chi connectivity index (χ3v) is 4.63. The predicted octanol–water partition coefficient (Wildman–Crippen LogP) is 1.33. The van der Waals surface area contributed by atoms with Crippen molar-refractivity contribution in [3.63, 3.8) is 0 Å². The number of likely N-dealkylation sites (tertiary alicyclic amines) is 1. The van der Waals surface area contributed by atoms with E-state index in [1.807, 2.05) is 13.0 Å². The molecule has 0 bridgehead atoms. The number of hydrogen-bond acceptors (Lipinski definition) is 5. The van der Waals surface area contributed by atoms with Crippen LogP contribution in [0.15, 0.2) is 12.4 Å². The highest BCUT2D eigenvalue weighted by Crippen LogP contribution is 2.20. The Morgan fingerprint density at radius 2 is 2.05 bits per heavy atom. The lowest BCUT2D eigenvalue weighted by Crippen LogP contribution is -2.50. The average Bonchev–Trinajstić information content (AvgIpc) is 2.73. The SMILES string of the molecule is Cc1cc(NC2CCN(C3CCCCNC3=O)CC2)ncn1. The van der Waals surface area contributed by atoms with Crippen molar-refractivity contribution in [1.82, 2.24) is 20.2 Å². The highest BCUT2D eigenvalue weighted by Gasteiger charge is 2.30. The van der Waals surface area contributed by atoms with Gasteiger partial charge in [-0.2, -0.15) is 0 Å². The summed E-state index contributed by atoms with van der Waals surface area (Å²) in [4.78, 5) is 22.9. The molecule has 3 heterocycles. The summed E-state index contributed by atoms with van der Waals surface area (Å²) in [5.74, 6) is 1.12. The number of hydrogen-bond donors (Lipinski definition) is 2. The normalized spacial score (nSPS) is 24.6. The minimum atomic E-state index is 0.0738. The van der Waals surface area contributed by atoms with Crippen LogP contribution in [0.25, 0.3) is 0 Å². The minimum Gasteiger partial charge on any atom is -0.367 e. The van der Waals surface area contributed by atoms with Crippen LogP contribution in [0.2, 0.25) is 0 Å². The fourth-order valence-corrected chi connectivity index (χ4v) is 3.37. The second kappa shape index (κ2) is 7.05. The number of carbonyl (C=O) groups excluding carboxylic acids is 1. The summed E-state index contributed by atoms with van der Waals surface area (Å²) >= 11 is 0. The molecular weight excluding hydrogens is 278 g/mol. The van der Waals surface area contributed by atoms with Crippen LogP contribution in [-0.2, 0) is 4.79 Å². The van der Waals surface area contributed by atoms with E-state index in [0.29, 0.717) is 6.04 Å². The Balaban J connectivity index is 1.52. The first-order valence-electron chi connectivity index (χ1n) is 8.29. The van der Waals surface area contributed by atoms with Gasteiger partial charge in [0.25, 0.3) is 0 Å². The first-order chi connectivity index (χ1) is 10.7. The zero-order valence-corrected chi connectivity index (χ0v) is 13.2. The van der Waals surface area contributed by atoms with Crippen LogP contribution in [0.3, 0.4) is 0 Å². The van der Waals surface area contributed by atoms with Gasteiger partial charge in [0.1, 0.15) is 12.1 Å². The third-order valence-electron chi connectivity index (χ3n) is 4.63. The van der Waals surface area contributed by atoms with Crippen LogP contribution in [0.1, 0.15) is 37.8 Å². The quantitative estimate of drug-likeness (QED) is 0.881. The van der Waals surface area contributed by atoms with Crippen LogP contribution in [0.5, 0.6) is 0 Å². The molecule has 0 aliphatic carbocycles. The molecule has 1 unspecified atom stereocenters. The number of anilines is 1. The van der Waals surface area contributed by atoms with Gasteiger partial charge < -0.3 is 10.6 Å². The number of aromatic nitrogens is 2. The first kappa shape index (κ1) is 15.2. The number of piperidine rings is 1. The smallest absolute Gasteiger partial charge is 0.237 e. The van der Waals surface area contributed by atoms with Crippen LogP contribution < -0.4 is 10.6 Å². The maximum absolute atomic E-state index is 12.1. The Kier molecular flexibility index (Phi) is 4.87. The molecule has 120 valence electrons. The zero-order chi connectivity index (χ0) is 15.4. The van der Waals surface area contributed by atoms with Crippen molar-refractivity contribution < 1.29 is 4.79 Å². The molecule has 1 atom stereocenters. The lowest BCUT2D eigenvalue weighted by atomic mass is 10.0. The maximum Gasteiger partial charge on any atom is 0.237 e. The average molecular weight is 303 g/mol. The van der Waals surface area contributed by atoms with Crippen molar-refractivity contribution in [2.45, 2.75) is 51.1 Å². The number of rotatable bonds is 3. The number of nitrogens with zero attached hydrogens (tertiary/aromatic N) is 3. The van der Waals surface area contributed by atoms with Crippen molar-refractivity contribution >= 4 is 11.7 Å². The number of carbonyl (C=O) groups is 1. The molecule has 2 N–H and O–H groups in total.